The molecule has 1 aliphatic rings. The number of hydrogen-bond acceptors (Lipinski definition) is 6. The van der Waals surface area contributed by atoms with Gasteiger partial charge in [-0.05, 0) is 41.5 Å². The first-order valence-corrected chi connectivity index (χ1v) is 7.89. The highest BCUT2D eigenvalue weighted by molar-refractivity contribution is 5.82. The van der Waals surface area contributed by atoms with E-state index in [1.54, 1.807) is 41.5 Å². The number of methoxy groups -OCH3 is 1. The largest absolute Gasteiger partial charge is 0.467 e. The first kappa shape index (κ1) is 20.1. The van der Waals surface area contributed by atoms with E-state index < -0.39 is 41.4 Å². The van der Waals surface area contributed by atoms with Gasteiger partial charge in [0.2, 0.25) is 0 Å². The van der Waals surface area contributed by atoms with E-state index in [0.717, 1.165) is 0 Å². The Hall–Kier alpha value is -1.99. The topological polar surface area (TPSA) is 94.2 Å². The lowest BCUT2D eigenvalue weighted by molar-refractivity contribution is -0.145. The van der Waals surface area contributed by atoms with Crippen LogP contribution in [0.1, 0.15) is 48.0 Å². The van der Waals surface area contributed by atoms with Gasteiger partial charge >= 0.3 is 18.2 Å². The number of carbonyl (C=O) groups is 3. The quantitative estimate of drug-likeness (QED) is 0.609. The van der Waals surface area contributed by atoms with Crippen LogP contribution in [0, 0.1) is 0 Å². The minimum absolute atomic E-state index is 0.147. The number of nitrogens with zero attached hydrogens (tertiary/aromatic N) is 1. The Kier molecular flexibility index (Phi) is 6.08. The second-order valence-corrected chi connectivity index (χ2v) is 7.75. The van der Waals surface area contributed by atoms with Crippen molar-refractivity contribution in [1.29, 1.82) is 0 Å². The number of rotatable bonds is 2. The van der Waals surface area contributed by atoms with Gasteiger partial charge in [-0.1, -0.05) is 0 Å². The van der Waals surface area contributed by atoms with Crippen LogP contribution in [0.2, 0.25) is 0 Å². The highest BCUT2D eigenvalue weighted by atomic mass is 16.6. The van der Waals surface area contributed by atoms with Crippen molar-refractivity contribution in [3.63, 3.8) is 0 Å². The summed E-state index contributed by atoms with van der Waals surface area (Å²) in [6.07, 6.45) is -0.973. The van der Waals surface area contributed by atoms with Crippen molar-refractivity contribution in [2.75, 3.05) is 13.7 Å². The maximum absolute atomic E-state index is 12.3. The Balaban J connectivity index is 2.78. The van der Waals surface area contributed by atoms with Gasteiger partial charge in [0.1, 0.15) is 17.2 Å². The fourth-order valence-electron chi connectivity index (χ4n) is 2.30. The average molecular weight is 344 g/mol. The molecule has 2 amide bonds. The summed E-state index contributed by atoms with van der Waals surface area (Å²) in [6, 6.07) is -1.22. The fourth-order valence-corrected chi connectivity index (χ4v) is 2.30. The molecule has 1 N–H and O–H groups in total. The van der Waals surface area contributed by atoms with E-state index in [1.165, 1.54) is 12.0 Å². The summed E-state index contributed by atoms with van der Waals surface area (Å²) in [5, 5.41) is 2.67. The van der Waals surface area contributed by atoms with Crippen LogP contribution in [0.3, 0.4) is 0 Å². The molecule has 0 saturated carbocycles. The Morgan fingerprint density at radius 3 is 2.00 bits per heavy atom. The van der Waals surface area contributed by atoms with Crippen LogP contribution >= 0.6 is 0 Å². The normalized spacial score (nSPS) is 21.2. The molecule has 8 heteroatoms. The molecule has 0 aromatic carbocycles. The van der Waals surface area contributed by atoms with E-state index in [0.29, 0.717) is 0 Å². The molecule has 1 rings (SSSR count). The maximum Gasteiger partial charge on any atom is 0.411 e. The minimum Gasteiger partial charge on any atom is -0.467 e. The molecule has 8 nitrogen and oxygen atoms in total. The van der Waals surface area contributed by atoms with Crippen molar-refractivity contribution in [3.8, 4) is 0 Å². The van der Waals surface area contributed by atoms with Crippen LogP contribution in [0.4, 0.5) is 9.59 Å². The summed E-state index contributed by atoms with van der Waals surface area (Å²) < 4.78 is 15.3. The molecule has 0 radical (unpaired) electrons. The summed E-state index contributed by atoms with van der Waals surface area (Å²) in [4.78, 5) is 37.4. The SMILES string of the molecule is COC(=O)[C@@H]1C[C@H](NC(=O)OC(C)(C)C)CN1C(=O)OC(C)(C)C. The number of carbonyl (C=O) groups excluding carboxylic acids is 3. The van der Waals surface area contributed by atoms with Gasteiger partial charge in [-0.2, -0.15) is 0 Å². The average Bonchev–Trinajstić information content (AvgIpc) is 2.77. The van der Waals surface area contributed by atoms with Crippen LogP contribution in [0.5, 0.6) is 0 Å². The van der Waals surface area contributed by atoms with E-state index in [9.17, 15) is 14.4 Å². The summed E-state index contributed by atoms with van der Waals surface area (Å²) >= 11 is 0. The lowest BCUT2D eigenvalue weighted by atomic mass is 10.1. The Morgan fingerprint density at radius 1 is 1.00 bits per heavy atom. The first-order valence-electron chi connectivity index (χ1n) is 7.89. The van der Waals surface area contributed by atoms with Crippen molar-refractivity contribution in [1.82, 2.24) is 10.2 Å². The number of esters is 1. The summed E-state index contributed by atoms with van der Waals surface area (Å²) in [7, 11) is 1.25. The van der Waals surface area contributed by atoms with Gasteiger partial charge in [-0.3, -0.25) is 4.90 Å². The Bertz CT molecular complexity index is 492. The monoisotopic (exact) mass is 344 g/mol. The molecule has 0 aliphatic carbocycles. The number of nitrogens with one attached hydrogen (secondary N) is 1. The second kappa shape index (κ2) is 7.27. The fraction of sp³-hybridized carbons (Fsp3) is 0.812. The zero-order chi connectivity index (χ0) is 18.7. The molecule has 1 fully saturated rings. The zero-order valence-corrected chi connectivity index (χ0v) is 15.5. The summed E-state index contributed by atoms with van der Waals surface area (Å²) in [6.45, 7) is 10.6. The molecule has 2 atom stereocenters. The van der Waals surface area contributed by atoms with Gasteiger partial charge in [0.05, 0.1) is 13.2 Å². The van der Waals surface area contributed by atoms with Crippen molar-refractivity contribution in [3.05, 3.63) is 0 Å². The molecule has 0 aromatic rings. The van der Waals surface area contributed by atoms with Gasteiger partial charge in [-0.25, -0.2) is 14.4 Å². The van der Waals surface area contributed by atoms with E-state index in [4.69, 9.17) is 14.2 Å². The molecule has 138 valence electrons. The predicted molar refractivity (Wildman–Crippen MR) is 86.5 cm³/mol. The van der Waals surface area contributed by atoms with Gasteiger partial charge in [0, 0.05) is 13.0 Å². The molecule has 24 heavy (non-hydrogen) atoms. The highest BCUT2D eigenvalue weighted by Crippen LogP contribution is 2.22. The smallest absolute Gasteiger partial charge is 0.411 e. The summed E-state index contributed by atoms with van der Waals surface area (Å²) in [5.41, 5.74) is -1.32. The third kappa shape index (κ3) is 6.25. The molecule has 1 heterocycles. The number of alkyl carbamates (subject to hydrolysis) is 1. The zero-order valence-electron chi connectivity index (χ0n) is 15.5. The van der Waals surface area contributed by atoms with Crippen LogP contribution in [0.25, 0.3) is 0 Å². The third-order valence-electron chi connectivity index (χ3n) is 3.12. The van der Waals surface area contributed by atoms with E-state index >= 15 is 0 Å². The maximum atomic E-state index is 12.3. The van der Waals surface area contributed by atoms with Crippen molar-refractivity contribution in [2.45, 2.75) is 71.2 Å². The molecule has 0 unspecified atom stereocenters. The number of hydrogen-bond donors (Lipinski definition) is 1. The van der Waals surface area contributed by atoms with Crippen LogP contribution < -0.4 is 5.32 Å². The molecule has 0 bridgehead atoms. The van der Waals surface area contributed by atoms with Crippen LogP contribution in [0.15, 0.2) is 0 Å². The summed E-state index contributed by atoms with van der Waals surface area (Å²) in [5.74, 6) is -0.547. The van der Waals surface area contributed by atoms with Crippen molar-refractivity contribution < 1.29 is 28.6 Å². The number of ether oxygens (including phenoxy) is 3. The lowest BCUT2D eigenvalue weighted by Crippen LogP contribution is -2.44. The first-order chi connectivity index (χ1) is 10.8. The molecular formula is C16H28N2O6. The van der Waals surface area contributed by atoms with E-state index in [1.807, 2.05) is 0 Å². The Morgan fingerprint density at radius 2 is 1.54 bits per heavy atom. The van der Waals surface area contributed by atoms with Gasteiger partial charge in [0.15, 0.2) is 0 Å². The molecular weight excluding hydrogens is 316 g/mol. The second-order valence-electron chi connectivity index (χ2n) is 7.75. The van der Waals surface area contributed by atoms with E-state index in [2.05, 4.69) is 5.32 Å². The van der Waals surface area contributed by atoms with Crippen LogP contribution in [-0.2, 0) is 19.0 Å². The van der Waals surface area contributed by atoms with Crippen molar-refractivity contribution in [2.24, 2.45) is 0 Å². The van der Waals surface area contributed by atoms with Gasteiger partial charge in [0.25, 0.3) is 0 Å². The van der Waals surface area contributed by atoms with Gasteiger partial charge < -0.3 is 19.5 Å². The number of likely N-dealkylation sites (tertiary alicyclic amines) is 1. The number of amides is 2. The molecule has 1 saturated heterocycles. The molecule has 1 aliphatic heterocycles. The molecule has 0 spiro atoms. The molecule has 0 aromatic heterocycles. The van der Waals surface area contributed by atoms with Crippen molar-refractivity contribution >= 4 is 18.2 Å². The minimum atomic E-state index is -0.801. The standard InChI is InChI=1S/C16H28N2O6/c1-15(2,3)23-13(20)17-10-8-11(12(19)22-7)18(9-10)14(21)24-16(4,5)6/h10-11H,8-9H2,1-7H3,(H,17,20)/t10-,11-/m0/s1. The Labute approximate surface area is 142 Å². The highest BCUT2D eigenvalue weighted by Gasteiger charge is 2.43. The third-order valence-corrected chi connectivity index (χ3v) is 3.12. The van der Waals surface area contributed by atoms with Crippen LogP contribution in [-0.4, -0.2) is 60.0 Å². The predicted octanol–water partition coefficient (Wildman–Crippen LogP) is 2.06. The lowest BCUT2D eigenvalue weighted by Gasteiger charge is -2.27. The van der Waals surface area contributed by atoms with E-state index in [-0.39, 0.29) is 13.0 Å². The van der Waals surface area contributed by atoms with Gasteiger partial charge in [-0.15, -0.1) is 0 Å².